The second-order valence-electron chi connectivity index (χ2n) is 7.42. The van der Waals surface area contributed by atoms with E-state index in [-0.39, 0.29) is 6.03 Å². The second-order valence-corrected chi connectivity index (χ2v) is 7.42. The number of amides is 2. The summed E-state index contributed by atoms with van der Waals surface area (Å²) in [5.74, 6) is 0. The van der Waals surface area contributed by atoms with Crippen LogP contribution in [0.3, 0.4) is 0 Å². The summed E-state index contributed by atoms with van der Waals surface area (Å²) in [5.41, 5.74) is 3.95. The van der Waals surface area contributed by atoms with Crippen LogP contribution in [0, 0.1) is 11.3 Å². The minimum Gasteiger partial charge on any atom is -0.338 e. The molecule has 0 radical (unpaired) electrons. The van der Waals surface area contributed by atoms with Gasteiger partial charge in [-0.3, -0.25) is 4.90 Å². The summed E-state index contributed by atoms with van der Waals surface area (Å²) in [6.07, 6.45) is 1.83. The van der Waals surface area contributed by atoms with E-state index in [1.807, 2.05) is 60.7 Å². The quantitative estimate of drug-likeness (QED) is 0.469. The molecule has 0 saturated carbocycles. The number of carbonyl (C=O) groups excluding carboxylic acids is 1. The number of benzene rings is 3. The van der Waals surface area contributed by atoms with Crippen LogP contribution in [0.15, 0.2) is 84.9 Å². The zero-order chi connectivity index (χ0) is 21.7. The van der Waals surface area contributed by atoms with Crippen LogP contribution in [-0.2, 0) is 13.0 Å². The average molecular weight is 413 g/mol. The van der Waals surface area contributed by atoms with Crippen molar-refractivity contribution in [3.63, 3.8) is 0 Å². The van der Waals surface area contributed by atoms with E-state index in [1.54, 1.807) is 0 Å². The van der Waals surface area contributed by atoms with Crippen molar-refractivity contribution < 1.29 is 4.79 Å². The molecule has 3 aromatic rings. The molecule has 31 heavy (non-hydrogen) atoms. The van der Waals surface area contributed by atoms with Crippen LogP contribution in [0.1, 0.15) is 23.1 Å². The Balaban J connectivity index is 1.49. The number of nitriles is 1. The van der Waals surface area contributed by atoms with E-state index in [2.05, 4.69) is 45.9 Å². The summed E-state index contributed by atoms with van der Waals surface area (Å²) in [5, 5.41) is 14.8. The third-order valence-corrected chi connectivity index (χ3v) is 5.02. The Bertz CT molecular complexity index is 966. The molecule has 0 saturated heterocycles. The predicted octanol–water partition coefficient (Wildman–Crippen LogP) is 4.81. The maximum Gasteiger partial charge on any atom is 0.319 e. The van der Waals surface area contributed by atoms with Crippen LogP contribution in [-0.4, -0.2) is 30.6 Å². The van der Waals surface area contributed by atoms with Gasteiger partial charge in [-0.1, -0.05) is 60.7 Å². The molecule has 3 rings (SSSR count). The van der Waals surface area contributed by atoms with Crippen molar-refractivity contribution >= 4 is 11.7 Å². The number of nitrogens with zero attached hydrogens (tertiary/aromatic N) is 2. The Morgan fingerprint density at radius 1 is 0.839 bits per heavy atom. The molecule has 0 atom stereocenters. The second kappa shape index (κ2) is 12.2. The lowest BCUT2D eigenvalue weighted by Crippen LogP contribution is -2.33. The van der Waals surface area contributed by atoms with Crippen molar-refractivity contribution in [1.82, 2.24) is 10.2 Å². The number of rotatable bonds is 10. The monoisotopic (exact) mass is 412 g/mol. The first-order chi connectivity index (χ1) is 15.2. The Labute approximate surface area is 184 Å². The molecule has 2 amide bonds. The van der Waals surface area contributed by atoms with Crippen LogP contribution in [0.4, 0.5) is 10.5 Å². The maximum absolute atomic E-state index is 12.1. The zero-order valence-corrected chi connectivity index (χ0v) is 17.6. The topological polar surface area (TPSA) is 68.2 Å². The summed E-state index contributed by atoms with van der Waals surface area (Å²) in [7, 11) is 0. The molecule has 0 aromatic heterocycles. The maximum atomic E-state index is 12.1. The van der Waals surface area contributed by atoms with Gasteiger partial charge in [0.05, 0.1) is 11.6 Å². The molecule has 0 unspecified atom stereocenters. The first kappa shape index (κ1) is 22.1. The Hall–Kier alpha value is -3.62. The predicted molar refractivity (Wildman–Crippen MR) is 125 cm³/mol. The fraction of sp³-hybridized carbons (Fsp3) is 0.231. The van der Waals surface area contributed by atoms with Crippen LogP contribution >= 0.6 is 0 Å². The highest BCUT2D eigenvalue weighted by atomic mass is 16.2. The van der Waals surface area contributed by atoms with E-state index in [1.165, 1.54) is 11.1 Å². The molecule has 158 valence electrons. The summed E-state index contributed by atoms with van der Waals surface area (Å²) in [6.45, 7) is 3.22. The molecule has 5 heteroatoms. The van der Waals surface area contributed by atoms with E-state index in [4.69, 9.17) is 5.26 Å². The lowest BCUT2D eigenvalue weighted by molar-refractivity contribution is 0.247. The van der Waals surface area contributed by atoms with Gasteiger partial charge in [-0.15, -0.1) is 0 Å². The highest BCUT2D eigenvalue weighted by Gasteiger charge is 2.08. The van der Waals surface area contributed by atoms with Gasteiger partial charge < -0.3 is 10.6 Å². The minimum absolute atomic E-state index is 0.186. The van der Waals surface area contributed by atoms with Crippen LogP contribution < -0.4 is 10.6 Å². The Morgan fingerprint density at radius 2 is 1.52 bits per heavy atom. The SMILES string of the molecule is N#Cc1ccc(CN(CCCNC(=O)Nc2ccccc2)CCc2ccccc2)cc1. The molecule has 5 nitrogen and oxygen atoms in total. The molecule has 0 fully saturated rings. The van der Waals surface area contributed by atoms with Gasteiger partial charge in [0.25, 0.3) is 0 Å². The molecule has 0 aliphatic carbocycles. The lowest BCUT2D eigenvalue weighted by atomic mass is 10.1. The summed E-state index contributed by atoms with van der Waals surface area (Å²) in [6, 6.07) is 29.6. The Morgan fingerprint density at radius 3 is 2.19 bits per heavy atom. The Kier molecular flexibility index (Phi) is 8.66. The molecule has 0 aliphatic rings. The average Bonchev–Trinajstić information content (AvgIpc) is 2.82. The first-order valence-electron chi connectivity index (χ1n) is 10.6. The summed E-state index contributed by atoms with van der Waals surface area (Å²) in [4.78, 5) is 14.5. The standard InChI is InChI=1S/C26H28N4O/c27-20-23-12-14-24(15-13-23)21-30(19-16-22-8-3-1-4-9-22)18-7-17-28-26(31)29-25-10-5-2-6-11-25/h1-6,8-15H,7,16-19,21H2,(H2,28,29,31). The van der Waals surface area contributed by atoms with Crippen molar-refractivity contribution in [1.29, 1.82) is 5.26 Å². The van der Waals surface area contributed by atoms with Gasteiger partial charge in [-0.2, -0.15) is 5.26 Å². The lowest BCUT2D eigenvalue weighted by Gasteiger charge is -2.23. The molecule has 0 spiro atoms. The van der Waals surface area contributed by atoms with Crippen LogP contribution in [0.5, 0.6) is 0 Å². The van der Waals surface area contributed by atoms with Crippen molar-refractivity contribution in [3.05, 3.63) is 102 Å². The van der Waals surface area contributed by atoms with Crippen molar-refractivity contribution in [2.75, 3.05) is 25.0 Å². The highest BCUT2D eigenvalue weighted by Crippen LogP contribution is 2.10. The number of anilines is 1. The fourth-order valence-corrected chi connectivity index (χ4v) is 3.35. The van der Waals surface area contributed by atoms with Gasteiger partial charge in [0.1, 0.15) is 0 Å². The molecule has 2 N–H and O–H groups in total. The third kappa shape index (κ3) is 7.96. The highest BCUT2D eigenvalue weighted by molar-refractivity contribution is 5.89. The van der Waals surface area contributed by atoms with E-state index in [9.17, 15) is 4.79 Å². The van der Waals surface area contributed by atoms with Crippen molar-refractivity contribution in [2.24, 2.45) is 0 Å². The normalized spacial score (nSPS) is 10.5. The largest absolute Gasteiger partial charge is 0.338 e. The van der Waals surface area contributed by atoms with Gasteiger partial charge >= 0.3 is 6.03 Å². The zero-order valence-electron chi connectivity index (χ0n) is 17.6. The van der Waals surface area contributed by atoms with Crippen molar-refractivity contribution in [3.8, 4) is 6.07 Å². The van der Waals surface area contributed by atoms with Crippen LogP contribution in [0.2, 0.25) is 0 Å². The first-order valence-corrected chi connectivity index (χ1v) is 10.6. The number of hydrogen-bond donors (Lipinski definition) is 2. The molecule has 0 aliphatic heterocycles. The van der Waals surface area contributed by atoms with Gasteiger partial charge in [-0.05, 0) is 48.2 Å². The fourth-order valence-electron chi connectivity index (χ4n) is 3.35. The number of para-hydroxylation sites is 1. The number of urea groups is 1. The third-order valence-electron chi connectivity index (χ3n) is 5.02. The number of nitrogens with one attached hydrogen (secondary N) is 2. The van der Waals surface area contributed by atoms with Gasteiger partial charge in [0.2, 0.25) is 0 Å². The number of carbonyl (C=O) groups is 1. The van der Waals surface area contributed by atoms with Crippen LogP contribution in [0.25, 0.3) is 0 Å². The molecular formula is C26H28N4O. The number of hydrogen-bond acceptors (Lipinski definition) is 3. The van der Waals surface area contributed by atoms with Gasteiger partial charge in [0, 0.05) is 31.9 Å². The minimum atomic E-state index is -0.186. The van der Waals surface area contributed by atoms with E-state index in [0.29, 0.717) is 12.1 Å². The van der Waals surface area contributed by atoms with Crippen molar-refractivity contribution in [2.45, 2.75) is 19.4 Å². The molecule has 3 aromatic carbocycles. The van der Waals surface area contributed by atoms with Gasteiger partial charge in [-0.25, -0.2) is 4.79 Å². The van der Waals surface area contributed by atoms with Gasteiger partial charge in [0.15, 0.2) is 0 Å². The summed E-state index contributed by atoms with van der Waals surface area (Å²) < 4.78 is 0. The molecule has 0 heterocycles. The van der Waals surface area contributed by atoms with E-state index in [0.717, 1.165) is 38.2 Å². The van der Waals surface area contributed by atoms with E-state index < -0.39 is 0 Å². The smallest absolute Gasteiger partial charge is 0.319 e. The van der Waals surface area contributed by atoms with E-state index >= 15 is 0 Å². The molecular weight excluding hydrogens is 384 g/mol. The molecule has 0 bridgehead atoms. The summed E-state index contributed by atoms with van der Waals surface area (Å²) >= 11 is 0.